The van der Waals surface area contributed by atoms with E-state index in [1.807, 2.05) is 9.80 Å². The number of rotatable bonds is 0. The van der Waals surface area contributed by atoms with Crippen LogP contribution >= 0.6 is 0 Å². The molecule has 13 heteroatoms. The fourth-order valence-corrected chi connectivity index (χ4v) is 8.49. The summed E-state index contributed by atoms with van der Waals surface area (Å²) in [5.74, 6) is 1.08. The number of amides is 4. The van der Waals surface area contributed by atoms with E-state index in [9.17, 15) is 14.4 Å². The van der Waals surface area contributed by atoms with E-state index in [2.05, 4.69) is 0 Å². The van der Waals surface area contributed by atoms with E-state index < -0.39 is 11.6 Å². The van der Waals surface area contributed by atoms with Crippen LogP contribution in [0, 0.1) is 23.7 Å². The third-order valence-electron chi connectivity index (χ3n) is 10.9. The predicted octanol–water partition coefficient (Wildman–Crippen LogP) is 3.67. The first-order valence-electron chi connectivity index (χ1n) is 16.4. The van der Waals surface area contributed by atoms with Crippen molar-refractivity contribution in [1.82, 2.24) is 19.6 Å². The average Bonchev–Trinajstić information content (AvgIpc) is 3.05. The van der Waals surface area contributed by atoms with Crippen molar-refractivity contribution >= 4 is 17.8 Å². The van der Waals surface area contributed by atoms with Gasteiger partial charge < -0.3 is 29.1 Å². The Morgan fingerprint density at radius 2 is 0.956 bits per heavy atom. The predicted molar refractivity (Wildman–Crippen MR) is 163 cm³/mol. The highest BCUT2D eigenvalue weighted by molar-refractivity contribution is 5.82. The van der Waals surface area contributed by atoms with Gasteiger partial charge in [0.15, 0.2) is 0 Å². The van der Waals surface area contributed by atoms with Gasteiger partial charge in [-0.2, -0.15) is 19.6 Å². The lowest BCUT2D eigenvalue weighted by molar-refractivity contribution is -0.680. The number of urea groups is 2. The molecule has 45 heavy (non-hydrogen) atoms. The number of carbonyl (C=O) groups is 3. The zero-order valence-electron chi connectivity index (χ0n) is 25.1. The molecule has 256 valence electrons. The number of ether oxygens (including phenoxy) is 2. The van der Waals surface area contributed by atoms with Crippen molar-refractivity contribution < 1.29 is 43.4 Å². The van der Waals surface area contributed by atoms with Gasteiger partial charge in [0.05, 0.1) is 26.4 Å². The van der Waals surface area contributed by atoms with Crippen LogP contribution in [0.4, 0.5) is 9.59 Å². The van der Waals surface area contributed by atoms with Gasteiger partial charge in [0.2, 0.25) is 11.6 Å². The molecule has 4 bridgehead atoms. The fourth-order valence-electron chi connectivity index (χ4n) is 8.49. The molecule has 5 saturated heterocycles. The maximum atomic E-state index is 12.7. The summed E-state index contributed by atoms with van der Waals surface area (Å²) in [7, 11) is 0. The molecule has 4 amide bonds. The minimum absolute atomic E-state index is 0. The zero-order valence-corrected chi connectivity index (χ0v) is 25.1. The summed E-state index contributed by atoms with van der Waals surface area (Å²) in [5.41, 5.74) is 0. The second kappa shape index (κ2) is 14.4. The van der Waals surface area contributed by atoms with Gasteiger partial charge in [0, 0.05) is 89.9 Å². The largest absolute Gasteiger partial charge is 0.378 e. The summed E-state index contributed by atoms with van der Waals surface area (Å²) in [4.78, 5) is 67.0. The normalized spacial score (nSPS) is 33.2. The summed E-state index contributed by atoms with van der Waals surface area (Å²) < 4.78 is 10.5. The van der Waals surface area contributed by atoms with Crippen molar-refractivity contribution in [2.45, 2.75) is 84.2 Å². The molecule has 0 atom stereocenters. The summed E-state index contributed by atoms with van der Waals surface area (Å²) in [6, 6.07) is 0.138. The molecule has 0 aromatic heterocycles. The quantitative estimate of drug-likeness (QED) is 0.366. The van der Waals surface area contributed by atoms with Gasteiger partial charge in [-0.05, 0) is 43.9 Å². The van der Waals surface area contributed by atoms with Crippen LogP contribution in [0.2, 0.25) is 0 Å². The second-order valence-corrected chi connectivity index (χ2v) is 13.5. The molecule has 0 unspecified atom stereocenters. The number of Topliss-reactive ketones (excluding diaryl/α,β-unsaturated/α-hetero) is 1. The molecule has 0 N–H and O–H groups in total. The number of hydrogen-bond acceptors (Lipinski definition) is 9. The maximum absolute atomic E-state index is 12.7. The monoisotopic (exact) mass is 638 g/mol. The minimum atomic E-state index is -0.887. The molecule has 0 radical (unpaired) electrons. The summed E-state index contributed by atoms with van der Waals surface area (Å²) in [6.07, 6.45) is 8.15. The first-order chi connectivity index (χ1) is 20.9. The van der Waals surface area contributed by atoms with Crippen molar-refractivity contribution in [2.75, 3.05) is 78.8 Å². The van der Waals surface area contributed by atoms with Gasteiger partial charge in [0.25, 0.3) is 0 Å². The Balaban J connectivity index is 0.000000202. The van der Waals surface area contributed by atoms with Gasteiger partial charge in [-0.1, -0.05) is 14.9 Å². The van der Waals surface area contributed by atoms with E-state index in [-0.39, 0.29) is 32.7 Å². The smallest absolute Gasteiger partial charge is 0.320 e. The Kier molecular flexibility index (Phi) is 11.0. The van der Waals surface area contributed by atoms with Gasteiger partial charge in [-0.25, -0.2) is 9.59 Å². The molecular weight excluding hydrogens is 584 g/mol. The maximum Gasteiger partial charge on any atom is 0.320 e. The standard InChI is InChI=1S/C20H30N2O6.C10H16N2O3.2CH4/c23-18(22-5-7-24-8-6-22)21-3-1-19(2-4-21)25-27-20(28-26-19)16-10-14-9-15(12-16)13-17(20)11-14;13-9-1-3-11(4-2-9)10(14)12-5-7-15-8-6-12;;/h14-17H,1-13H2;1-8H2;2*1H4. The van der Waals surface area contributed by atoms with Gasteiger partial charge in [-0.3, -0.25) is 4.79 Å². The molecule has 13 nitrogen and oxygen atoms in total. The first kappa shape index (κ1) is 34.3. The number of nitrogens with zero attached hydrogens (tertiary/aromatic N) is 4. The van der Waals surface area contributed by atoms with Crippen LogP contribution in [0.5, 0.6) is 0 Å². The third-order valence-corrected chi connectivity index (χ3v) is 10.9. The van der Waals surface area contributed by atoms with Crippen LogP contribution in [0.25, 0.3) is 0 Å². The molecule has 0 aromatic carbocycles. The Labute approximate surface area is 267 Å². The number of likely N-dealkylation sites (tertiary alicyclic amines) is 2. The van der Waals surface area contributed by atoms with Crippen LogP contribution in [-0.2, 0) is 33.8 Å². The lowest BCUT2D eigenvalue weighted by Gasteiger charge is -2.60. The van der Waals surface area contributed by atoms with Crippen LogP contribution < -0.4 is 0 Å². The number of hydrogen-bond donors (Lipinski definition) is 0. The summed E-state index contributed by atoms with van der Waals surface area (Å²) in [6.45, 7) is 7.44. The Hall–Kier alpha value is -2.03. The highest BCUT2D eigenvalue weighted by atomic mass is 17.4. The van der Waals surface area contributed by atoms with Crippen LogP contribution in [0.3, 0.4) is 0 Å². The van der Waals surface area contributed by atoms with Gasteiger partial charge in [-0.15, -0.1) is 0 Å². The Morgan fingerprint density at radius 3 is 1.40 bits per heavy atom. The van der Waals surface area contributed by atoms with Crippen molar-refractivity contribution in [1.29, 1.82) is 0 Å². The van der Waals surface area contributed by atoms with E-state index in [0.717, 1.165) is 37.5 Å². The average molecular weight is 639 g/mol. The van der Waals surface area contributed by atoms with E-state index in [4.69, 9.17) is 29.0 Å². The second-order valence-electron chi connectivity index (χ2n) is 13.5. The molecule has 9 aliphatic rings. The molecule has 2 spiro atoms. The van der Waals surface area contributed by atoms with Crippen molar-refractivity contribution in [3.05, 3.63) is 0 Å². The number of carbonyl (C=O) groups excluding carboxylic acids is 3. The summed E-state index contributed by atoms with van der Waals surface area (Å²) >= 11 is 0. The van der Waals surface area contributed by atoms with Gasteiger partial charge >= 0.3 is 12.1 Å². The fraction of sp³-hybridized carbons (Fsp3) is 0.906. The molecule has 5 aliphatic heterocycles. The Bertz CT molecular complexity index is 990. The molecule has 9 rings (SSSR count). The van der Waals surface area contributed by atoms with Crippen molar-refractivity contribution in [3.8, 4) is 0 Å². The SMILES string of the molecule is C.C.O=C(N1CCOCC1)N1CCC2(CC1)OOC1(OO2)C2CC3CC(C2)CC1C3.O=C1CCN(C(=O)N2CCOCC2)CC1. The van der Waals surface area contributed by atoms with Crippen molar-refractivity contribution in [2.24, 2.45) is 23.7 Å². The zero-order chi connectivity index (χ0) is 29.4. The highest BCUT2D eigenvalue weighted by Gasteiger charge is 2.64. The van der Waals surface area contributed by atoms with Crippen LogP contribution in [-0.4, -0.2) is 128 Å². The Morgan fingerprint density at radius 1 is 0.556 bits per heavy atom. The molecule has 4 saturated carbocycles. The van der Waals surface area contributed by atoms with E-state index in [1.54, 1.807) is 9.80 Å². The molecular formula is C32H54N4O9. The third kappa shape index (κ3) is 6.99. The highest BCUT2D eigenvalue weighted by Crippen LogP contribution is 2.61. The van der Waals surface area contributed by atoms with E-state index >= 15 is 0 Å². The number of morpholine rings is 2. The molecule has 4 aliphatic carbocycles. The van der Waals surface area contributed by atoms with E-state index in [0.29, 0.717) is 116 Å². The van der Waals surface area contributed by atoms with Gasteiger partial charge in [0.1, 0.15) is 5.78 Å². The van der Waals surface area contributed by atoms with Crippen LogP contribution in [0.15, 0.2) is 0 Å². The number of piperidine rings is 2. The molecule has 9 fully saturated rings. The minimum Gasteiger partial charge on any atom is -0.378 e. The first-order valence-corrected chi connectivity index (χ1v) is 16.4. The molecule has 0 aromatic rings. The topological polar surface area (TPSA) is 120 Å². The lowest BCUT2D eigenvalue weighted by atomic mass is 9.53. The molecule has 5 heterocycles. The lowest BCUT2D eigenvalue weighted by Crippen LogP contribution is -2.65. The summed E-state index contributed by atoms with van der Waals surface area (Å²) in [5, 5.41) is 0. The number of ketones is 1. The van der Waals surface area contributed by atoms with Crippen molar-refractivity contribution in [3.63, 3.8) is 0 Å². The van der Waals surface area contributed by atoms with Crippen LogP contribution in [0.1, 0.15) is 72.6 Å². The van der Waals surface area contributed by atoms with E-state index in [1.165, 1.54) is 6.42 Å².